The number of carbonyl (C=O) groups excluding carboxylic acids is 1. The molecule has 2 N–H and O–H groups in total. The zero-order chi connectivity index (χ0) is 13.4. The van der Waals surface area contributed by atoms with Gasteiger partial charge < -0.3 is 10.4 Å². The fourth-order valence-electron chi connectivity index (χ4n) is 2.25. The summed E-state index contributed by atoms with van der Waals surface area (Å²) in [7, 11) is 0. The van der Waals surface area contributed by atoms with Gasteiger partial charge in [-0.05, 0) is 30.7 Å². The van der Waals surface area contributed by atoms with Crippen molar-refractivity contribution in [3.8, 4) is 5.75 Å². The van der Waals surface area contributed by atoms with Crippen LogP contribution in [0.25, 0.3) is 11.6 Å². The van der Waals surface area contributed by atoms with Gasteiger partial charge in [0, 0.05) is 17.2 Å². The summed E-state index contributed by atoms with van der Waals surface area (Å²) in [5, 5.41) is 12.2. The van der Waals surface area contributed by atoms with E-state index in [9.17, 15) is 9.90 Å². The molecule has 0 saturated heterocycles. The molecule has 1 aliphatic rings. The molecule has 3 rings (SSSR count). The van der Waals surface area contributed by atoms with Crippen LogP contribution in [0.3, 0.4) is 0 Å². The maximum atomic E-state index is 12.0. The number of amides is 1. The largest absolute Gasteiger partial charge is 0.508 e. The van der Waals surface area contributed by atoms with Crippen LogP contribution < -0.4 is 5.32 Å². The SMILES string of the molecule is Cc1cccc(C=C2C(=O)Nc3cc(O)ccc32)c1. The molecule has 3 heteroatoms. The number of hydrogen-bond acceptors (Lipinski definition) is 2. The van der Waals surface area contributed by atoms with Crippen LogP contribution >= 0.6 is 0 Å². The van der Waals surface area contributed by atoms with Gasteiger partial charge in [0.1, 0.15) is 5.75 Å². The van der Waals surface area contributed by atoms with Crippen molar-refractivity contribution in [1.82, 2.24) is 0 Å². The molecule has 0 aromatic heterocycles. The van der Waals surface area contributed by atoms with Crippen LogP contribution in [0.2, 0.25) is 0 Å². The second-order valence-electron chi connectivity index (χ2n) is 4.66. The molecular weight excluding hydrogens is 238 g/mol. The van der Waals surface area contributed by atoms with Crippen LogP contribution in [0, 0.1) is 6.92 Å². The van der Waals surface area contributed by atoms with Gasteiger partial charge in [0.05, 0.1) is 5.69 Å². The molecule has 0 saturated carbocycles. The first-order chi connectivity index (χ1) is 9.13. The molecule has 1 aliphatic heterocycles. The van der Waals surface area contributed by atoms with E-state index in [1.54, 1.807) is 18.2 Å². The van der Waals surface area contributed by atoms with Crippen LogP contribution in [-0.4, -0.2) is 11.0 Å². The highest BCUT2D eigenvalue weighted by molar-refractivity contribution is 6.35. The number of carbonyl (C=O) groups is 1. The number of fused-ring (bicyclic) bond motifs is 1. The van der Waals surface area contributed by atoms with Crippen molar-refractivity contribution in [1.29, 1.82) is 0 Å². The Kier molecular flexibility index (Phi) is 2.60. The Morgan fingerprint density at radius 3 is 2.79 bits per heavy atom. The molecule has 2 aromatic rings. The third-order valence-corrected chi connectivity index (χ3v) is 3.14. The summed E-state index contributed by atoms with van der Waals surface area (Å²) in [6.07, 6.45) is 1.87. The molecule has 0 radical (unpaired) electrons. The van der Waals surface area contributed by atoms with Crippen LogP contribution in [0.5, 0.6) is 5.75 Å². The number of hydrogen-bond donors (Lipinski definition) is 2. The fraction of sp³-hybridized carbons (Fsp3) is 0.0625. The van der Waals surface area contributed by atoms with E-state index in [-0.39, 0.29) is 11.7 Å². The van der Waals surface area contributed by atoms with Crippen LogP contribution in [0.1, 0.15) is 16.7 Å². The van der Waals surface area contributed by atoms with E-state index < -0.39 is 0 Å². The summed E-state index contributed by atoms with van der Waals surface area (Å²) in [4.78, 5) is 12.0. The highest BCUT2D eigenvalue weighted by Crippen LogP contribution is 2.35. The molecule has 94 valence electrons. The molecule has 0 atom stereocenters. The number of benzene rings is 2. The number of nitrogens with one attached hydrogen (secondary N) is 1. The lowest BCUT2D eigenvalue weighted by Crippen LogP contribution is -2.03. The van der Waals surface area contributed by atoms with E-state index in [4.69, 9.17) is 0 Å². The van der Waals surface area contributed by atoms with Crippen LogP contribution in [0.4, 0.5) is 5.69 Å². The number of phenols is 1. The van der Waals surface area contributed by atoms with Gasteiger partial charge in [-0.1, -0.05) is 29.8 Å². The van der Waals surface area contributed by atoms with Crippen molar-refractivity contribution in [3.63, 3.8) is 0 Å². The highest BCUT2D eigenvalue weighted by Gasteiger charge is 2.24. The minimum absolute atomic E-state index is 0.137. The van der Waals surface area contributed by atoms with Gasteiger partial charge in [-0.2, -0.15) is 0 Å². The molecule has 2 aromatic carbocycles. The lowest BCUT2D eigenvalue weighted by Gasteiger charge is -2.00. The number of aryl methyl sites for hydroxylation is 1. The Hall–Kier alpha value is -2.55. The zero-order valence-corrected chi connectivity index (χ0v) is 10.5. The summed E-state index contributed by atoms with van der Waals surface area (Å²) < 4.78 is 0. The van der Waals surface area contributed by atoms with Gasteiger partial charge in [0.15, 0.2) is 0 Å². The first-order valence-electron chi connectivity index (χ1n) is 6.06. The molecule has 0 unspecified atom stereocenters. The summed E-state index contributed by atoms with van der Waals surface area (Å²) in [5.74, 6) is 0.0120. The first kappa shape index (κ1) is 11.5. The third kappa shape index (κ3) is 2.10. The van der Waals surface area contributed by atoms with Crippen LogP contribution in [0.15, 0.2) is 42.5 Å². The molecule has 0 spiro atoms. The van der Waals surface area contributed by atoms with Crippen molar-refractivity contribution in [2.75, 3.05) is 5.32 Å². The summed E-state index contributed by atoms with van der Waals surface area (Å²) in [5.41, 5.74) is 4.25. The lowest BCUT2D eigenvalue weighted by molar-refractivity contribution is -0.110. The van der Waals surface area contributed by atoms with E-state index in [1.165, 1.54) is 0 Å². The lowest BCUT2D eigenvalue weighted by atomic mass is 10.0. The average molecular weight is 251 g/mol. The topological polar surface area (TPSA) is 49.3 Å². The molecule has 1 amide bonds. The van der Waals surface area contributed by atoms with Crippen LogP contribution in [-0.2, 0) is 4.79 Å². The van der Waals surface area contributed by atoms with Gasteiger partial charge in [-0.15, -0.1) is 0 Å². The summed E-state index contributed by atoms with van der Waals surface area (Å²) >= 11 is 0. The Morgan fingerprint density at radius 2 is 2.00 bits per heavy atom. The highest BCUT2D eigenvalue weighted by atomic mass is 16.3. The summed E-state index contributed by atoms with van der Waals surface area (Å²) in [6, 6.07) is 12.9. The Labute approximate surface area is 111 Å². The van der Waals surface area contributed by atoms with Gasteiger partial charge in [0.25, 0.3) is 5.91 Å². The summed E-state index contributed by atoms with van der Waals surface area (Å²) in [6.45, 7) is 2.02. The first-order valence-corrected chi connectivity index (χ1v) is 6.06. The molecule has 19 heavy (non-hydrogen) atoms. The van der Waals surface area contributed by atoms with E-state index in [1.807, 2.05) is 37.3 Å². The Morgan fingerprint density at radius 1 is 1.16 bits per heavy atom. The van der Waals surface area contributed by atoms with Gasteiger partial charge >= 0.3 is 0 Å². The maximum absolute atomic E-state index is 12.0. The third-order valence-electron chi connectivity index (χ3n) is 3.14. The second kappa shape index (κ2) is 4.28. The molecule has 0 aliphatic carbocycles. The van der Waals surface area contributed by atoms with Crippen molar-refractivity contribution in [3.05, 3.63) is 59.2 Å². The van der Waals surface area contributed by atoms with E-state index in [0.717, 1.165) is 16.7 Å². The van der Waals surface area contributed by atoms with E-state index >= 15 is 0 Å². The zero-order valence-electron chi connectivity index (χ0n) is 10.5. The predicted octanol–water partition coefficient (Wildman–Crippen LogP) is 3.19. The fourth-order valence-corrected chi connectivity index (χ4v) is 2.25. The number of aromatic hydroxyl groups is 1. The average Bonchev–Trinajstić information content (AvgIpc) is 2.65. The van der Waals surface area contributed by atoms with Crippen molar-refractivity contribution >= 4 is 23.2 Å². The minimum atomic E-state index is -0.137. The van der Waals surface area contributed by atoms with Crippen molar-refractivity contribution < 1.29 is 9.90 Å². The smallest absolute Gasteiger partial charge is 0.256 e. The molecule has 0 bridgehead atoms. The predicted molar refractivity (Wildman–Crippen MR) is 75.8 cm³/mol. The molecule has 1 heterocycles. The molecule has 0 fully saturated rings. The Balaban J connectivity index is 2.09. The van der Waals surface area contributed by atoms with Gasteiger partial charge in [-0.25, -0.2) is 0 Å². The monoisotopic (exact) mass is 251 g/mol. The van der Waals surface area contributed by atoms with Gasteiger partial charge in [-0.3, -0.25) is 4.79 Å². The van der Waals surface area contributed by atoms with Crippen molar-refractivity contribution in [2.24, 2.45) is 0 Å². The van der Waals surface area contributed by atoms with Gasteiger partial charge in [0.2, 0.25) is 0 Å². The minimum Gasteiger partial charge on any atom is -0.508 e. The number of rotatable bonds is 1. The second-order valence-corrected chi connectivity index (χ2v) is 4.66. The number of phenolic OH excluding ortho intramolecular Hbond substituents is 1. The standard InChI is InChI=1S/C16H13NO2/c1-10-3-2-4-11(7-10)8-14-13-6-5-12(18)9-15(13)17-16(14)19/h2-9,18H,1H3,(H,17,19). The molecular formula is C16H13NO2. The maximum Gasteiger partial charge on any atom is 0.256 e. The molecule has 3 nitrogen and oxygen atoms in total. The normalized spacial score (nSPS) is 15.4. The van der Waals surface area contributed by atoms with E-state index in [0.29, 0.717) is 11.3 Å². The number of anilines is 1. The van der Waals surface area contributed by atoms with E-state index in [2.05, 4.69) is 5.32 Å². The quantitative estimate of drug-likeness (QED) is 0.765. The Bertz CT molecular complexity index is 702. The van der Waals surface area contributed by atoms with Crippen molar-refractivity contribution in [2.45, 2.75) is 6.92 Å².